The summed E-state index contributed by atoms with van der Waals surface area (Å²) < 4.78 is 0. The largest absolute Gasteiger partial charge is 0.481 e. The molecular formula is C13H20N2O5S. The molecule has 0 fully saturated rings. The van der Waals surface area contributed by atoms with Crippen LogP contribution in [-0.4, -0.2) is 51.0 Å². The van der Waals surface area contributed by atoms with Crippen LogP contribution in [0.1, 0.15) is 32.4 Å². The van der Waals surface area contributed by atoms with Crippen LogP contribution in [0.4, 0.5) is 0 Å². The van der Waals surface area contributed by atoms with Crippen molar-refractivity contribution in [2.24, 2.45) is 0 Å². The molecule has 2 N–H and O–H groups in total. The first-order valence-corrected chi connectivity index (χ1v) is 7.43. The minimum atomic E-state index is -1.31. The summed E-state index contributed by atoms with van der Waals surface area (Å²) in [7, 11) is 0. The average Bonchev–Trinajstić information content (AvgIpc) is 2.90. The second kappa shape index (κ2) is 10.8. The average molecular weight is 316 g/mol. The zero-order valence-electron chi connectivity index (χ0n) is 12.1. The minimum absolute atomic E-state index is 0.225. The third kappa shape index (κ3) is 9.55. The van der Waals surface area contributed by atoms with E-state index >= 15 is 0 Å². The normalized spacial score (nSPS) is 9.43. The lowest BCUT2D eigenvalue weighted by molar-refractivity contribution is -0.147. The fraction of sp³-hybridized carbons (Fsp3) is 0.538. The standard InChI is InChI=1S/C10H16N2OS.C3H4O4/c1-3-12(4-2)10(13)6-5-9-7-14-8-11-9;4-2(5)1-3(6)7/h7-8H,3-6H2,1-2H3;1H2,(H,4,5)(H,6,7). The van der Waals surface area contributed by atoms with Gasteiger partial charge in [-0.3, -0.25) is 14.4 Å². The first kappa shape index (κ1) is 19.0. The van der Waals surface area contributed by atoms with Gasteiger partial charge in [-0.05, 0) is 20.3 Å². The highest BCUT2D eigenvalue weighted by Crippen LogP contribution is 2.05. The van der Waals surface area contributed by atoms with Gasteiger partial charge in [0.1, 0.15) is 6.42 Å². The first-order chi connectivity index (χ1) is 9.90. The van der Waals surface area contributed by atoms with E-state index < -0.39 is 18.4 Å². The van der Waals surface area contributed by atoms with Crippen molar-refractivity contribution in [1.82, 2.24) is 9.88 Å². The maximum atomic E-state index is 11.6. The zero-order chi connectivity index (χ0) is 16.3. The predicted molar refractivity (Wildman–Crippen MR) is 78.3 cm³/mol. The molecule has 0 unspecified atom stereocenters. The van der Waals surface area contributed by atoms with Crippen molar-refractivity contribution >= 4 is 29.2 Å². The lowest BCUT2D eigenvalue weighted by atomic mass is 10.2. The molecule has 0 spiro atoms. The Morgan fingerprint density at radius 1 is 1.19 bits per heavy atom. The Bertz CT molecular complexity index is 431. The molecule has 1 aromatic rings. The van der Waals surface area contributed by atoms with Crippen LogP contribution in [0, 0.1) is 0 Å². The van der Waals surface area contributed by atoms with Crippen molar-refractivity contribution in [3.05, 3.63) is 16.6 Å². The first-order valence-electron chi connectivity index (χ1n) is 6.49. The number of aromatic nitrogens is 1. The highest BCUT2D eigenvalue weighted by Gasteiger charge is 2.09. The summed E-state index contributed by atoms with van der Waals surface area (Å²) in [6.07, 6.45) is 0.532. The molecule has 0 atom stereocenters. The number of nitrogens with zero attached hydrogens (tertiary/aromatic N) is 2. The van der Waals surface area contributed by atoms with Gasteiger partial charge in [0.05, 0.1) is 11.2 Å². The van der Waals surface area contributed by atoms with E-state index in [9.17, 15) is 14.4 Å². The molecule has 0 radical (unpaired) electrons. The maximum Gasteiger partial charge on any atom is 0.314 e. The van der Waals surface area contributed by atoms with Gasteiger partial charge in [-0.25, -0.2) is 4.98 Å². The summed E-state index contributed by atoms with van der Waals surface area (Å²) in [4.78, 5) is 36.5. The van der Waals surface area contributed by atoms with Gasteiger partial charge in [0, 0.05) is 24.9 Å². The van der Waals surface area contributed by atoms with Crippen LogP contribution in [0.3, 0.4) is 0 Å². The number of carboxylic acid groups (broad SMARTS) is 2. The van der Waals surface area contributed by atoms with Crippen LogP contribution in [0.2, 0.25) is 0 Å². The highest BCUT2D eigenvalue weighted by molar-refractivity contribution is 7.07. The molecule has 8 heteroatoms. The number of aliphatic carboxylic acids is 2. The summed E-state index contributed by atoms with van der Waals surface area (Å²) in [6, 6.07) is 0. The number of carbonyl (C=O) groups excluding carboxylic acids is 1. The van der Waals surface area contributed by atoms with E-state index in [4.69, 9.17) is 10.2 Å². The Balaban J connectivity index is 0.000000486. The lowest BCUT2D eigenvalue weighted by Gasteiger charge is -2.17. The van der Waals surface area contributed by atoms with Crippen molar-refractivity contribution < 1.29 is 24.6 Å². The summed E-state index contributed by atoms with van der Waals surface area (Å²) >= 11 is 1.58. The maximum absolute atomic E-state index is 11.6. The van der Waals surface area contributed by atoms with Crippen LogP contribution < -0.4 is 0 Å². The quantitative estimate of drug-likeness (QED) is 0.738. The number of hydrogen-bond acceptors (Lipinski definition) is 5. The third-order valence-electron chi connectivity index (χ3n) is 2.50. The Kier molecular flexibility index (Phi) is 9.78. The number of hydrogen-bond donors (Lipinski definition) is 2. The third-order valence-corrected chi connectivity index (χ3v) is 3.13. The number of thiazole rings is 1. The molecule has 0 aliphatic heterocycles. The molecule has 1 amide bonds. The van der Waals surface area contributed by atoms with Gasteiger partial charge >= 0.3 is 11.9 Å². The van der Waals surface area contributed by atoms with Gasteiger partial charge in [0.2, 0.25) is 5.91 Å². The van der Waals surface area contributed by atoms with E-state index in [0.29, 0.717) is 6.42 Å². The number of carbonyl (C=O) groups is 3. The number of aryl methyl sites for hydroxylation is 1. The number of rotatable bonds is 7. The molecule has 0 aliphatic carbocycles. The van der Waals surface area contributed by atoms with Crippen LogP contribution >= 0.6 is 11.3 Å². The summed E-state index contributed by atoms with van der Waals surface area (Å²) in [5.41, 5.74) is 2.83. The molecule has 21 heavy (non-hydrogen) atoms. The molecule has 118 valence electrons. The van der Waals surface area contributed by atoms with Gasteiger partial charge in [0.15, 0.2) is 0 Å². The van der Waals surface area contributed by atoms with Gasteiger partial charge in [-0.2, -0.15) is 0 Å². The molecule has 0 saturated heterocycles. The van der Waals surface area contributed by atoms with Crippen molar-refractivity contribution in [2.75, 3.05) is 13.1 Å². The van der Waals surface area contributed by atoms with E-state index in [1.165, 1.54) is 0 Å². The molecular weight excluding hydrogens is 296 g/mol. The Morgan fingerprint density at radius 3 is 2.10 bits per heavy atom. The van der Waals surface area contributed by atoms with Gasteiger partial charge in [0.25, 0.3) is 0 Å². The summed E-state index contributed by atoms with van der Waals surface area (Å²) in [5.74, 6) is -2.40. The van der Waals surface area contributed by atoms with Gasteiger partial charge in [-0.15, -0.1) is 11.3 Å². The number of carboxylic acids is 2. The molecule has 0 saturated carbocycles. The predicted octanol–water partition coefficient (Wildman–Crippen LogP) is 1.49. The Hall–Kier alpha value is -1.96. The molecule has 1 aromatic heterocycles. The molecule has 7 nitrogen and oxygen atoms in total. The minimum Gasteiger partial charge on any atom is -0.481 e. The van der Waals surface area contributed by atoms with Crippen molar-refractivity contribution in [3.63, 3.8) is 0 Å². The second-order valence-electron chi connectivity index (χ2n) is 4.01. The fourth-order valence-electron chi connectivity index (χ4n) is 1.46. The van der Waals surface area contributed by atoms with Crippen molar-refractivity contribution in [2.45, 2.75) is 33.1 Å². The van der Waals surface area contributed by atoms with Crippen LogP contribution in [0.25, 0.3) is 0 Å². The summed E-state index contributed by atoms with van der Waals surface area (Å²) in [5, 5.41) is 17.4. The highest BCUT2D eigenvalue weighted by atomic mass is 32.1. The van der Waals surface area contributed by atoms with E-state index in [1.54, 1.807) is 16.8 Å². The monoisotopic (exact) mass is 316 g/mol. The molecule has 1 rings (SSSR count). The topological polar surface area (TPSA) is 108 Å². The SMILES string of the molecule is CCN(CC)C(=O)CCc1cscn1.O=C(O)CC(=O)O. The Morgan fingerprint density at radius 2 is 1.76 bits per heavy atom. The molecule has 0 aromatic carbocycles. The van der Waals surface area contributed by atoms with E-state index in [2.05, 4.69) is 4.98 Å². The van der Waals surface area contributed by atoms with Crippen molar-refractivity contribution in [3.8, 4) is 0 Å². The van der Waals surface area contributed by atoms with Gasteiger partial charge < -0.3 is 15.1 Å². The van der Waals surface area contributed by atoms with Crippen molar-refractivity contribution in [1.29, 1.82) is 0 Å². The molecule has 1 heterocycles. The lowest BCUT2D eigenvalue weighted by Crippen LogP contribution is -2.30. The van der Waals surface area contributed by atoms with E-state index in [1.807, 2.05) is 24.1 Å². The smallest absolute Gasteiger partial charge is 0.314 e. The van der Waals surface area contributed by atoms with Crippen LogP contribution in [0.15, 0.2) is 10.9 Å². The fourth-order valence-corrected chi connectivity index (χ4v) is 2.05. The molecule has 0 aliphatic rings. The summed E-state index contributed by atoms with van der Waals surface area (Å²) in [6.45, 7) is 5.60. The van der Waals surface area contributed by atoms with Crippen LogP contribution in [0.5, 0.6) is 0 Å². The van der Waals surface area contributed by atoms with Gasteiger partial charge in [-0.1, -0.05) is 0 Å². The van der Waals surface area contributed by atoms with E-state index in [-0.39, 0.29) is 5.91 Å². The Labute approximate surface area is 127 Å². The zero-order valence-corrected chi connectivity index (χ0v) is 12.9. The van der Waals surface area contributed by atoms with Crippen LogP contribution in [-0.2, 0) is 20.8 Å². The van der Waals surface area contributed by atoms with E-state index in [0.717, 1.165) is 25.2 Å². The number of amides is 1. The molecule has 0 bridgehead atoms. The second-order valence-corrected chi connectivity index (χ2v) is 4.73.